The Kier molecular flexibility index (Phi) is 4.28. The lowest BCUT2D eigenvalue weighted by atomic mass is 10.1. The van der Waals surface area contributed by atoms with Gasteiger partial charge >= 0.3 is 0 Å². The van der Waals surface area contributed by atoms with E-state index >= 15 is 0 Å². The van der Waals surface area contributed by atoms with Crippen molar-refractivity contribution in [2.75, 3.05) is 6.61 Å². The molecule has 1 aromatic heterocycles. The monoisotopic (exact) mass is 232 g/mol. The Hall–Kier alpha value is -1.58. The Labute approximate surface area is 90.3 Å². The molecule has 0 aromatic carbocycles. The van der Waals surface area contributed by atoms with Crippen molar-refractivity contribution in [2.45, 2.75) is 18.3 Å². The molecule has 1 saturated heterocycles. The van der Waals surface area contributed by atoms with Gasteiger partial charge in [0.25, 0.3) is 6.47 Å². The van der Waals surface area contributed by atoms with Crippen molar-refractivity contribution >= 4 is 6.47 Å². The van der Waals surface area contributed by atoms with E-state index < -0.39 is 18.3 Å². The molecule has 1 fully saturated rings. The van der Waals surface area contributed by atoms with Gasteiger partial charge in [0.05, 0.1) is 13.7 Å². The summed E-state index contributed by atoms with van der Waals surface area (Å²) in [4.78, 5) is 9.64. The van der Waals surface area contributed by atoms with Gasteiger partial charge in [-0.2, -0.15) is 4.80 Å². The van der Waals surface area contributed by atoms with Crippen molar-refractivity contribution in [3.05, 3.63) is 5.82 Å². The lowest BCUT2D eigenvalue weighted by Crippen LogP contribution is -2.25. The van der Waals surface area contributed by atoms with Gasteiger partial charge < -0.3 is 20.1 Å². The lowest BCUT2D eigenvalue weighted by molar-refractivity contribution is -0.122. The summed E-state index contributed by atoms with van der Waals surface area (Å²) in [6.07, 6.45) is -2.50. The molecule has 0 radical (unpaired) electrons. The molecule has 1 aromatic rings. The molecule has 0 spiro atoms. The first kappa shape index (κ1) is 12.5. The van der Waals surface area contributed by atoms with Gasteiger partial charge in [-0.1, -0.05) is 0 Å². The summed E-state index contributed by atoms with van der Waals surface area (Å²) < 4.78 is 5.10. The van der Waals surface area contributed by atoms with Crippen LogP contribution in [0.2, 0.25) is 0 Å². The molecular weight excluding hydrogens is 220 g/mol. The van der Waals surface area contributed by atoms with Crippen LogP contribution in [0.1, 0.15) is 11.9 Å². The molecule has 2 heterocycles. The third kappa shape index (κ3) is 2.72. The van der Waals surface area contributed by atoms with Crippen LogP contribution in [0.5, 0.6) is 0 Å². The van der Waals surface area contributed by atoms with Crippen molar-refractivity contribution in [1.82, 2.24) is 20.2 Å². The summed E-state index contributed by atoms with van der Waals surface area (Å²) in [5, 5.41) is 36.7. The Bertz CT molecular complexity index is 343. The van der Waals surface area contributed by atoms with E-state index in [9.17, 15) is 10.2 Å². The minimum atomic E-state index is -0.968. The van der Waals surface area contributed by atoms with Gasteiger partial charge in [0.15, 0.2) is 0 Å². The maximum absolute atomic E-state index is 9.43. The number of carbonyl (C=O) groups is 1. The fourth-order valence-corrected chi connectivity index (χ4v) is 1.24. The van der Waals surface area contributed by atoms with Crippen LogP contribution in [-0.2, 0) is 16.6 Å². The van der Waals surface area contributed by atoms with E-state index in [0.717, 1.165) is 0 Å². The van der Waals surface area contributed by atoms with Crippen LogP contribution in [0.25, 0.3) is 0 Å². The van der Waals surface area contributed by atoms with E-state index in [2.05, 4.69) is 15.4 Å². The normalized spacial score (nSPS) is 28.3. The first-order valence-corrected chi connectivity index (χ1v) is 4.39. The van der Waals surface area contributed by atoms with Crippen molar-refractivity contribution in [2.24, 2.45) is 7.05 Å². The first-order valence-electron chi connectivity index (χ1n) is 4.39. The van der Waals surface area contributed by atoms with Gasteiger partial charge in [-0.25, -0.2) is 0 Å². The topological polar surface area (TPSA) is 131 Å². The van der Waals surface area contributed by atoms with Gasteiger partial charge in [0, 0.05) is 0 Å². The highest BCUT2D eigenvalue weighted by molar-refractivity contribution is 5.32. The Morgan fingerprint density at radius 2 is 2.19 bits per heavy atom. The maximum atomic E-state index is 9.43. The van der Waals surface area contributed by atoms with E-state index in [1.807, 2.05) is 0 Å². The molecule has 9 nitrogen and oxygen atoms in total. The van der Waals surface area contributed by atoms with Gasteiger partial charge in [-0.15, -0.1) is 10.2 Å². The predicted octanol–water partition coefficient (Wildman–Crippen LogP) is -2.30. The number of aromatic nitrogens is 4. The molecule has 3 unspecified atom stereocenters. The van der Waals surface area contributed by atoms with Crippen LogP contribution in [0.4, 0.5) is 0 Å². The van der Waals surface area contributed by atoms with Crippen LogP contribution in [0, 0.1) is 0 Å². The summed E-state index contributed by atoms with van der Waals surface area (Å²) in [5.41, 5.74) is 0. The second kappa shape index (κ2) is 5.49. The molecule has 0 saturated carbocycles. The lowest BCUT2D eigenvalue weighted by Gasteiger charge is -2.09. The smallest absolute Gasteiger partial charge is 0.290 e. The number of aryl methyl sites for hydroxylation is 1. The fourth-order valence-electron chi connectivity index (χ4n) is 1.24. The fraction of sp³-hybridized carbons (Fsp3) is 0.714. The Balaban J connectivity index is 0.000000386. The highest BCUT2D eigenvalue weighted by Gasteiger charge is 2.38. The predicted molar refractivity (Wildman–Crippen MR) is 48.2 cm³/mol. The molecule has 0 amide bonds. The summed E-state index contributed by atoms with van der Waals surface area (Å²) in [6, 6.07) is 0. The van der Waals surface area contributed by atoms with Crippen LogP contribution in [0.3, 0.4) is 0 Å². The number of carboxylic acid groups (broad SMARTS) is 1. The van der Waals surface area contributed by atoms with Gasteiger partial charge in [0.1, 0.15) is 18.3 Å². The SMILES string of the molecule is Cn1nnc(C2OCC(O)C2O)n1.O=CO. The minimum absolute atomic E-state index is 0.101. The standard InChI is InChI=1S/C6H10N4O3.CH2O2/c1-10-8-6(7-9-10)5-4(12)3(11)2-13-5;2-1-3/h3-5,11-12H,2H2,1H3;1H,(H,2,3). The molecule has 0 bridgehead atoms. The molecule has 1 aliphatic heterocycles. The molecule has 16 heavy (non-hydrogen) atoms. The number of hydrogen-bond donors (Lipinski definition) is 3. The molecule has 3 N–H and O–H groups in total. The molecular formula is C7H12N4O5. The zero-order valence-corrected chi connectivity index (χ0v) is 8.46. The third-order valence-corrected chi connectivity index (χ3v) is 1.93. The third-order valence-electron chi connectivity index (χ3n) is 1.93. The summed E-state index contributed by atoms with van der Waals surface area (Å²) in [7, 11) is 1.62. The number of aliphatic hydroxyl groups excluding tert-OH is 2. The zero-order chi connectivity index (χ0) is 12.1. The van der Waals surface area contributed by atoms with Gasteiger partial charge in [-0.3, -0.25) is 4.79 Å². The van der Waals surface area contributed by atoms with Crippen molar-refractivity contribution in [3.8, 4) is 0 Å². The van der Waals surface area contributed by atoms with Crippen molar-refractivity contribution < 1.29 is 24.9 Å². The second-order valence-electron chi connectivity index (χ2n) is 3.05. The number of ether oxygens (including phenoxy) is 1. The van der Waals surface area contributed by atoms with Crippen LogP contribution in [0.15, 0.2) is 0 Å². The highest BCUT2D eigenvalue weighted by atomic mass is 16.5. The number of tetrazole rings is 1. The number of hydrogen-bond acceptors (Lipinski definition) is 7. The minimum Gasteiger partial charge on any atom is -0.483 e. The average Bonchev–Trinajstić information content (AvgIpc) is 2.77. The summed E-state index contributed by atoms with van der Waals surface area (Å²) in [6.45, 7) is -0.149. The summed E-state index contributed by atoms with van der Waals surface area (Å²) >= 11 is 0. The first-order chi connectivity index (χ1) is 7.60. The molecule has 1 aliphatic rings. The molecule has 2 rings (SSSR count). The summed E-state index contributed by atoms with van der Waals surface area (Å²) in [5.74, 6) is 0.298. The molecule has 0 aliphatic carbocycles. The van der Waals surface area contributed by atoms with Gasteiger partial charge in [-0.05, 0) is 5.21 Å². The van der Waals surface area contributed by atoms with E-state index in [4.69, 9.17) is 14.6 Å². The quantitative estimate of drug-likeness (QED) is 0.461. The molecule has 9 heteroatoms. The molecule has 3 atom stereocenters. The number of nitrogens with zero attached hydrogens (tertiary/aromatic N) is 4. The second-order valence-corrected chi connectivity index (χ2v) is 3.05. The number of rotatable bonds is 1. The van der Waals surface area contributed by atoms with Crippen LogP contribution >= 0.6 is 0 Å². The van der Waals surface area contributed by atoms with E-state index in [1.54, 1.807) is 7.05 Å². The average molecular weight is 232 g/mol. The highest BCUT2D eigenvalue weighted by Crippen LogP contribution is 2.26. The van der Waals surface area contributed by atoms with Gasteiger partial charge in [0.2, 0.25) is 5.82 Å². The zero-order valence-electron chi connectivity index (χ0n) is 8.46. The molecule has 90 valence electrons. The maximum Gasteiger partial charge on any atom is 0.290 e. The Morgan fingerprint density at radius 3 is 2.56 bits per heavy atom. The van der Waals surface area contributed by atoms with Crippen LogP contribution < -0.4 is 0 Å². The van der Waals surface area contributed by atoms with Crippen molar-refractivity contribution in [1.29, 1.82) is 0 Å². The van der Waals surface area contributed by atoms with E-state index in [0.29, 0.717) is 5.82 Å². The Morgan fingerprint density at radius 1 is 1.56 bits per heavy atom. The van der Waals surface area contributed by atoms with E-state index in [1.165, 1.54) is 4.80 Å². The van der Waals surface area contributed by atoms with Crippen molar-refractivity contribution in [3.63, 3.8) is 0 Å². The number of aliphatic hydroxyl groups is 2. The largest absolute Gasteiger partial charge is 0.483 e. The van der Waals surface area contributed by atoms with Crippen LogP contribution in [-0.4, -0.2) is 60.8 Å². The van der Waals surface area contributed by atoms with E-state index in [-0.39, 0.29) is 13.1 Å².